The van der Waals surface area contributed by atoms with E-state index in [0.29, 0.717) is 0 Å². The van der Waals surface area contributed by atoms with Crippen LogP contribution in [0, 0.1) is 17.8 Å². The summed E-state index contributed by atoms with van der Waals surface area (Å²) in [5, 5.41) is 0. The minimum Gasteiger partial charge on any atom is -0.0654 e. The third-order valence-corrected chi connectivity index (χ3v) is 5.44. The van der Waals surface area contributed by atoms with Gasteiger partial charge in [-0.15, -0.1) is 0 Å². The summed E-state index contributed by atoms with van der Waals surface area (Å²) in [6.07, 6.45) is 20.4. The van der Waals surface area contributed by atoms with Crippen LogP contribution in [0.1, 0.15) is 111 Å². The second-order valence-electron chi connectivity index (χ2n) is 7.05. The molecule has 20 heavy (non-hydrogen) atoms. The molecule has 1 aliphatic rings. The molecule has 1 unspecified atom stereocenters. The Kier molecular flexibility index (Phi) is 10.5. The third kappa shape index (κ3) is 7.14. The molecule has 0 spiro atoms. The van der Waals surface area contributed by atoms with Gasteiger partial charge in [0.15, 0.2) is 0 Å². The molecule has 0 aromatic heterocycles. The van der Waals surface area contributed by atoms with E-state index in [4.69, 9.17) is 0 Å². The van der Waals surface area contributed by atoms with Gasteiger partial charge in [0.25, 0.3) is 0 Å². The highest BCUT2D eigenvalue weighted by Crippen LogP contribution is 2.40. The minimum atomic E-state index is 0.959. The van der Waals surface area contributed by atoms with Crippen molar-refractivity contribution >= 4 is 0 Å². The van der Waals surface area contributed by atoms with Crippen molar-refractivity contribution in [3.8, 4) is 0 Å². The lowest BCUT2D eigenvalue weighted by molar-refractivity contribution is 0.297. The first-order valence-corrected chi connectivity index (χ1v) is 9.66. The van der Waals surface area contributed by atoms with Crippen LogP contribution in [0.15, 0.2) is 0 Å². The van der Waals surface area contributed by atoms with Gasteiger partial charge in [0.2, 0.25) is 0 Å². The summed E-state index contributed by atoms with van der Waals surface area (Å²) < 4.78 is 0. The van der Waals surface area contributed by atoms with E-state index in [1.54, 1.807) is 0 Å². The zero-order valence-electron chi connectivity index (χ0n) is 14.6. The Morgan fingerprint density at radius 1 is 0.850 bits per heavy atom. The van der Waals surface area contributed by atoms with Crippen molar-refractivity contribution in [2.45, 2.75) is 111 Å². The van der Waals surface area contributed by atoms with Crippen LogP contribution in [0.5, 0.6) is 0 Å². The van der Waals surface area contributed by atoms with Gasteiger partial charge in [-0.2, -0.15) is 0 Å². The van der Waals surface area contributed by atoms with Gasteiger partial charge in [-0.25, -0.2) is 0 Å². The molecule has 0 aliphatic heterocycles. The molecule has 1 aliphatic carbocycles. The van der Waals surface area contributed by atoms with Gasteiger partial charge < -0.3 is 0 Å². The van der Waals surface area contributed by atoms with Crippen molar-refractivity contribution < 1.29 is 0 Å². The molecule has 1 fully saturated rings. The zero-order valence-corrected chi connectivity index (χ0v) is 14.6. The molecule has 0 amide bonds. The first-order chi connectivity index (χ1) is 9.81. The van der Waals surface area contributed by atoms with E-state index in [9.17, 15) is 0 Å². The van der Waals surface area contributed by atoms with E-state index in [1.807, 2.05) is 5.92 Å². The van der Waals surface area contributed by atoms with Crippen molar-refractivity contribution in [2.24, 2.45) is 11.8 Å². The monoisotopic (exact) mass is 279 g/mol. The van der Waals surface area contributed by atoms with E-state index in [0.717, 1.165) is 11.8 Å². The molecule has 1 rings (SSSR count). The molecule has 119 valence electrons. The van der Waals surface area contributed by atoms with Crippen LogP contribution >= 0.6 is 0 Å². The predicted molar refractivity (Wildman–Crippen MR) is 91.9 cm³/mol. The van der Waals surface area contributed by atoms with Crippen LogP contribution in [0.25, 0.3) is 0 Å². The van der Waals surface area contributed by atoms with Crippen LogP contribution < -0.4 is 0 Å². The lowest BCUT2D eigenvalue weighted by atomic mass is 9.72. The summed E-state index contributed by atoms with van der Waals surface area (Å²) >= 11 is 0. The Morgan fingerprint density at radius 3 is 2.10 bits per heavy atom. The third-order valence-electron chi connectivity index (χ3n) is 5.44. The smallest absolute Gasteiger partial charge is 0.0210 e. The average molecular weight is 280 g/mol. The van der Waals surface area contributed by atoms with Gasteiger partial charge in [-0.05, 0) is 49.9 Å². The first-order valence-electron chi connectivity index (χ1n) is 9.66. The molecule has 0 heterocycles. The Balaban J connectivity index is 2.12. The predicted octanol–water partition coefficient (Wildman–Crippen LogP) is 7.33. The molecule has 1 atom stereocenters. The second-order valence-corrected chi connectivity index (χ2v) is 7.05. The highest BCUT2D eigenvalue weighted by Gasteiger charge is 2.26. The molecule has 1 saturated carbocycles. The van der Waals surface area contributed by atoms with Crippen molar-refractivity contribution in [3.63, 3.8) is 0 Å². The molecule has 0 nitrogen and oxygen atoms in total. The number of hydrogen-bond acceptors (Lipinski definition) is 0. The molecule has 0 aromatic carbocycles. The normalized spacial score (nSPS) is 19.4. The Hall–Kier alpha value is 0. The lowest BCUT2D eigenvalue weighted by Gasteiger charge is -2.33. The maximum Gasteiger partial charge on any atom is -0.0210 e. The maximum atomic E-state index is 2.40. The van der Waals surface area contributed by atoms with Crippen molar-refractivity contribution in [1.29, 1.82) is 0 Å². The van der Waals surface area contributed by atoms with Gasteiger partial charge in [0.05, 0.1) is 0 Å². The van der Waals surface area contributed by atoms with Crippen molar-refractivity contribution in [1.82, 2.24) is 0 Å². The van der Waals surface area contributed by atoms with E-state index in [-0.39, 0.29) is 0 Å². The van der Waals surface area contributed by atoms with E-state index in [1.165, 1.54) is 89.9 Å². The lowest BCUT2D eigenvalue weighted by Crippen LogP contribution is -2.20. The molecular formula is C20H39. The molecule has 0 N–H and O–H groups in total. The van der Waals surface area contributed by atoms with Crippen LogP contribution in [0.4, 0.5) is 0 Å². The average Bonchev–Trinajstić information content (AvgIpc) is 2.49. The summed E-state index contributed by atoms with van der Waals surface area (Å²) in [5.41, 5.74) is 0. The maximum absolute atomic E-state index is 2.40. The topological polar surface area (TPSA) is 0 Å². The Bertz CT molecular complexity index is 200. The van der Waals surface area contributed by atoms with Crippen molar-refractivity contribution in [2.75, 3.05) is 0 Å². The molecule has 1 radical (unpaired) electrons. The molecule has 0 saturated heterocycles. The highest BCUT2D eigenvalue weighted by atomic mass is 14.3. The van der Waals surface area contributed by atoms with Gasteiger partial charge in [-0.1, -0.05) is 78.6 Å². The Labute approximate surface area is 129 Å². The van der Waals surface area contributed by atoms with Crippen molar-refractivity contribution in [3.05, 3.63) is 5.92 Å². The molecule has 0 aromatic rings. The SMILES string of the molecule is CCCCCCCC1CC[C](C(CC)CCCC)CC1. The van der Waals surface area contributed by atoms with Gasteiger partial charge in [0.1, 0.15) is 0 Å². The van der Waals surface area contributed by atoms with Crippen LogP contribution in [0.3, 0.4) is 0 Å². The number of unbranched alkanes of at least 4 members (excludes halogenated alkanes) is 5. The molecular weight excluding hydrogens is 240 g/mol. The van der Waals surface area contributed by atoms with E-state index < -0.39 is 0 Å². The van der Waals surface area contributed by atoms with E-state index in [2.05, 4.69) is 20.8 Å². The summed E-state index contributed by atoms with van der Waals surface area (Å²) in [4.78, 5) is 0. The van der Waals surface area contributed by atoms with Crippen LogP contribution in [-0.2, 0) is 0 Å². The second kappa shape index (κ2) is 11.6. The summed E-state index contributed by atoms with van der Waals surface area (Å²) in [7, 11) is 0. The zero-order chi connectivity index (χ0) is 14.6. The summed E-state index contributed by atoms with van der Waals surface area (Å²) in [6.45, 7) is 7.03. The standard InChI is InChI=1S/C20H39/c1-4-7-9-10-11-12-18-14-16-20(17-15-18)19(6-3)13-8-5-2/h18-19H,4-17H2,1-3H3. The fourth-order valence-corrected chi connectivity index (χ4v) is 3.93. The fraction of sp³-hybridized carbons (Fsp3) is 0.950. The molecule has 0 heteroatoms. The summed E-state index contributed by atoms with van der Waals surface area (Å²) in [6, 6.07) is 0. The first kappa shape index (κ1) is 18.1. The largest absolute Gasteiger partial charge is 0.0654 e. The quantitative estimate of drug-likeness (QED) is 0.347. The summed E-state index contributed by atoms with van der Waals surface area (Å²) in [5.74, 6) is 3.95. The van der Waals surface area contributed by atoms with Gasteiger partial charge >= 0.3 is 0 Å². The fourth-order valence-electron chi connectivity index (χ4n) is 3.93. The number of hydrogen-bond donors (Lipinski definition) is 0. The molecule has 0 bridgehead atoms. The Morgan fingerprint density at radius 2 is 1.50 bits per heavy atom. The van der Waals surface area contributed by atoms with E-state index >= 15 is 0 Å². The van der Waals surface area contributed by atoms with Gasteiger partial charge in [-0.3, -0.25) is 0 Å². The van der Waals surface area contributed by atoms with Crippen LogP contribution in [-0.4, -0.2) is 0 Å². The van der Waals surface area contributed by atoms with Gasteiger partial charge in [0, 0.05) is 0 Å². The minimum absolute atomic E-state index is 0.959. The highest BCUT2D eigenvalue weighted by molar-refractivity contribution is 4.99. The van der Waals surface area contributed by atoms with Crippen LogP contribution in [0.2, 0.25) is 0 Å². The number of rotatable bonds is 11.